The maximum absolute atomic E-state index is 12.2. The van der Waals surface area contributed by atoms with E-state index < -0.39 is 5.60 Å². The normalized spacial score (nSPS) is 20.4. The van der Waals surface area contributed by atoms with Gasteiger partial charge in [0, 0.05) is 52.9 Å². The maximum atomic E-state index is 12.2. The molecule has 0 spiro atoms. The van der Waals surface area contributed by atoms with Crippen molar-refractivity contribution < 1.29 is 19.1 Å². The van der Waals surface area contributed by atoms with E-state index >= 15 is 0 Å². The van der Waals surface area contributed by atoms with Crippen LogP contribution in [0.1, 0.15) is 47.0 Å². The number of ether oxygens (including phenoxy) is 2. The Morgan fingerprint density at radius 3 is 2.38 bits per heavy atom. The highest BCUT2D eigenvalue weighted by Gasteiger charge is 2.28. The van der Waals surface area contributed by atoms with E-state index in [0.717, 1.165) is 57.9 Å². The summed E-state index contributed by atoms with van der Waals surface area (Å²) in [7, 11) is 1.78. The Morgan fingerprint density at radius 2 is 1.78 bits per heavy atom. The van der Waals surface area contributed by atoms with Crippen molar-refractivity contribution in [1.82, 2.24) is 20.0 Å². The molecule has 2 heterocycles. The number of aliphatic imine (C=N–C) groups is 1. The van der Waals surface area contributed by atoms with Crippen LogP contribution in [0.4, 0.5) is 4.79 Å². The second kappa shape index (κ2) is 14.1. The zero-order valence-electron chi connectivity index (χ0n) is 20.4. The number of guanidine groups is 1. The number of amides is 1. The highest BCUT2D eigenvalue weighted by atomic mass is 127. The molecule has 1 N–H and O–H groups in total. The maximum Gasteiger partial charge on any atom is 0.410 e. The molecule has 0 radical (unpaired) electrons. The molecule has 10 heteroatoms. The Hall–Kier alpha value is -1.30. The zero-order chi connectivity index (χ0) is 22.9. The van der Waals surface area contributed by atoms with Crippen molar-refractivity contribution in [2.45, 2.75) is 52.6 Å². The molecule has 0 bridgehead atoms. The zero-order valence-corrected chi connectivity index (χ0v) is 22.7. The van der Waals surface area contributed by atoms with E-state index in [2.05, 4.69) is 20.1 Å². The van der Waals surface area contributed by atoms with Gasteiger partial charge < -0.3 is 24.6 Å². The van der Waals surface area contributed by atoms with E-state index in [1.807, 2.05) is 27.7 Å². The molecule has 2 fully saturated rings. The number of carbonyl (C=O) groups excluding carboxylic acids is 2. The van der Waals surface area contributed by atoms with Gasteiger partial charge in [-0.3, -0.25) is 14.7 Å². The smallest absolute Gasteiger partial charge is 0.410 e. The lowest BCUT2D eigenvalue weighted by molar-refractivity contribution is -0.149. The summed E-state index contributed by atoms with van der Waals surface area (Å²) in [5.41, 5.74) is -0.455. The third kappa shape index (κ3) is 9.68. The molecule has 0 saturated carbocycles. The molecular weight excluding hydrogens is 525 g/mol. The van der Waals surface area contributed by atoms with Crippen molar-refractivity contribution in [3.63, 3.8) is 0 Å². The van der Waals surface area contributed by atoms with Crippen LogP contribution in [0.2, 0.25) is 0 Å². The molecule has 186 valence electrons. The molecule has 2 aliphatic heterocycles. The Morgan fingerprint density at radius 1 is 1.09 bits per heavy atom. The molecule has 1 unspecified atom stereocenters. The van der Waals surface area contributed by atoms with Crippen LogP contribution in [0, 0.1) is 5.92 Å². The molecule has 2 saturated heterocycles. The average Bonchev–Trinajstić information content (AvgIpc) is 2.73. The van der Waals surface area contributed by atoms with E-state index in [-0.39, 0.29) is 42.0 Å². The number of nitrogens with one attached hydrogen (secondary N) is 1. The fourth-order valence-corrected chi connectivity index (χ4v) is 3.94. The van der Waals surface area contributed by atoms with Crippen molar-refractivity contribution in [3.05, 3.63) is 0 Å². The van der Waals surface area contributed by atoms with Crippen LogP contribution in [-0.2, 0) is 14.3 Å². The number of esters is 1. The van der Waals surface area contributed by atoms with Crippen molar-refractivity contribution in [2.24, 2.45) is 10.9 Å². The minimum Gasteiger partial charge on any atom is -0.466 e. The minimum atomic E-state index is -0.455. The summed E-state index contributed by atoms with van der Waals surface area (Å²) in [6.45, 7) is 14.4. The first-order chi connectivity index (χ1) is 14.7. The molecule has 0 aliphatic carbocycles. The Balaban J connectivity index is 0.00000512. The lowest BCUT2D eigenvalue weighted by atomic mass is 9.98. The summed E-state index contributed by atoms with van der Waals surface area (Å²) in [6.07, 6.45) is 2.61. The summed E-state index contributed by atoms with van der Waals surface area (Å²) in [5.74, 6) is 0.672. The highest BCUT2D eigenvalue weighted by Crippen LogP contribution is 2.18. The fourth-order valence-electron chi connectivity index (χ4n) is 3.94. The molecule has 32 heavy (non-hydrogen) atoms. The molecule has 2 aliphatic rings. The number of piperidine rings is 1. The third-order valence-corrected chi connectivity index (χ3v) is 5.51. The van der Waals surface area contributed by atoms with E-state index in [1.54, 1.807) is 11.9 Å². The van der Waals surface area contributed by atoms with Crippen LogP contribution in [0.3, 0.4) is 0 Å². The Kier molecular flexibility index (Phi) is 12.6. The molecular formula is C22H42IN5O4. The largest absolute Gasteiger partial charge is 0.466 e. The standard InChI is InChI=1S/C22H41N5O4.HI/c1-6-30-19(28)18-9-7-12-27(17-18)20(23-5)24-10-8-11-25-13-15-26(16-14-25)21(29)31-22(2,3)4;/h18H,6-17H2,1-5H3,(H,23,24);1H. The van der Waals surface area contributed by atoms with Gasteiger partial charge >= 0.3 is 12.1 Å². The number of carbonyl (C=O) groups is 2. The fraction of sp³-hybridized carbons (Fsp3) is 0.864. The molecule has 0 aromatic rings. The van der Waals surface area contributed by atoms with Gasteiger partial charge in [-0.25, -0.2) is 4.79 Å². The third-order valence-electron chi connectivity index (χ3n) is 5.51. The van der Waals surface area contributed by atoms with E-state index in [4.69, 9.17) is 9.47 Å². The minimum absolute atomic E-state index is 0. The van der Waals surface area contributed by atoms with E-state index in [1.165, 1.54) is 0 Å². The monoisotopic (exact) mass is 567 g/mol. The van der Waals surface area contributed by atoms with Crippen LogP contribution in [-0.4, -0.2) is 104 Å². The van der Waals surface area contributed by atoms with Gasteiger partial charge in [-0.05, 0) is 53.5 Å². The van der Waals surface area contributed by atoms with Crippen LogP contribution in [0.15, 0.2) is 4.99 Å². The van der Waals surface area contributed by atoms with Gasteiger partial charge in [0.05, 0.1) is 12.5 Å². The van der Waals surface area contributed by atoms with Crippen molar-refractivity contribution in [2.75, 3.05) is 66.0 Å². The number of hydrogen-bond donors (Lipinski definition) is 1. The molecule has 0 aromatic carbocycles. The lowest BCUT2D eigenvalue weighted by Gasteiger charge is -2.36. The van der Waals surface area contributed by atoms with Crippen molar-refractivity contribution in [3.8, 4) is 0 Å². The highest BCUT2D eigenvalue weighted by molar-refractivity contribution is 14.0. The molecule has 1 atom stereocenters. The topological polar surface area (TPSA) is 86.7 Å². The number of piperazine rings is 1. The van der Waals surface area contributed by atoms with E-state index in [0.29, 0.717) is 26.2 Å². The second-order valence-corrected chi connectivity index (χ2v) is 9.17. The number of hydrogen-bond acceptors (Lipinski definition) is 6. The van der Waals surface area contributed by atoms with Crippen LogP contribution < -0.4 is 5.32 Å². The first kappa shape index (κ1) is 28.7. The lowest BCUT2D eigenvalue weighted by Crippen LogP contribution is -2.51. The van der Waals surface area contributed by atoms with E-state index in [9.17, 15) is 9.59 Å². The predicted octanol–water partition coefficient (Wildman–Crippen LogP) is 2.40. The molecule has 2 rings (SSSR count). The van der Waals surface area contributed by atoms with Crippen molar-refractivity contribution in [1.29, 1.82) is 0 Å². The number of nitrogens with zero attached hydrogens (tertiary/aromatic N) is 4. The average molecular weight is 568 g/mol. The summed E-state index contributed by atoms with van der Waals surface area (Å²) in [4.78, 5) is 35.0. The first-order valence-electron chi connectivity index (χ1n) is 11.6. The van der Waals surface area contributed by atoms with Gasteiger partial charge in [-0.15, -0.1) is 24.0 Å². The molecule has 9 nitrogen and oxygen atoms in total. The van der Waals surface area contributed by atoms with Crippen molar-refractivity contribution >= 4 is 42.0 Å². The predicted molar refractivity (Wildman–Crippen MR) is 137 cm³/mol. The van der Waals surface area contributed by atoms with Gasteiger partial charge in [0.2, 0.25) is 0 Å². The van der Waals surface area contributed by atoms with Crippen LogP contribution in [0.5, 0.6) is 0 Å². The first-order valence-corrected chi connectivity index (χ1v) is 11.6. The number of halogens is 1. The van der Waals surface area contributed by atoms with Crippen LogP contribution in [0.25, 0.3) is 0 Å². The van der Waals surface area contributed by atoms with Crippen LogP contribution >= 0.6 is 24.0 Å². The van der Waals surface area contributed by atoms with Gasteiger partial charge in [0.1, 0.15) is 5.60 Å². The SMILES string of the molecule is CCOC(=O)C1CCCN(C(=NC)NCCCN2CCN(C(=O)OC(C)(C)C)CC2)C1.I. The summed E-state index contributed by atoms with van der Waals surface area (Å²) >= 11 is 0. The molecule has 0 aromatic heterocycles. The van der Waals surface area contributed by atoms with Gasteiger partial charge in [0.25, 0.3) is 0 Å². The Bertz CT molecular complexity index is 618. The number of likely N-dealkylation sites (tertiary alicyclic amines) is 1. The quantitative estimate of drug-likeness (QED) is 0.174. The summed E-state index contributed by atoms with van der Waals surface area (Å²) < 4.78 is 10.6. The summed E-state index contributed by atoms with van der Waals surface area (Å²) in [5, 5.41) is 3.44. The van der Waals surface area contributed by atoms with Gasteiger partial charge in [0.15, 0.2) is 5.96 Å². The second-order valence-electron chi connectivity index (χ2n) is 9.17. The summed E-state index contributed by atoms with van der Waals surface area (Å²) in [6, 6.07) is 0. The van der Waals surface area contributed by atoms with Gasteiger partial charge in [-0.2, -0.15) is 0 Å². The number of rotatable bonds is 6. The van der Waals surface area contributed by atoms with Gasteiger partial charge in [-0.1, -0.05) is 0 Å². The Labute approximate surface area is 210 Å². The molecule has 1 amide bonds.